The van der Waals surface area contributed by atoms with Gasteiger partial charge in [-0.1, -0.05) is 11.8 Å². The van der Waals surface area contributed by atoms with Crippen LogP contribution in [0.25, 0.3) is 0 Å². The van der Waals surface area contributed by atoms with Gasteiger partial charge in [0.05, 0.1) is 7.11 Å². The van der Waals surface area contributed by atoms with Crippen molar-refractivity contribution < 1.29 is 34.2 Å². The summed E-state index contributed by atoms with van der Waals surface area (Å²) in [5.41, 5.74) is -2.09. The fourth-order valence-electron chi connectivity index (χ4n) is 3.80. The van der Waals surface area contributed by atoms with Gasteiger partial charge in [0.15, 0.2) is 16.9 Å². The van der Waals surface area contributed by atoms with Gasteiger partial charge < -0.3 is 24.7 Å². The molecule has 2 amide bonds. The van der Waals surface area contributed by atoms with E-state index in [1.807, 2.05) is 0 Å². The van der Waals surface area contributed by atoms with E-state index in [-0.39, 0.29) is 23.2 Å². The van der Waals surface area contributed by atoms with Crippen LogP contribution in [0.15, 0.2) is 34.2 Å². The Morgan fingerprint density at radius 3 is 2.53 bits per heavy atom. The van der Waals surface area contributed by atoms with E-state index in [4.69, 9.17) is 9.57 Å². The van der Waals surface area contributed by atoms with Crippen LogP contribution in [0, 0.1) is 5.41 Å². The maximum Gasteiger partial charge on any atom is 0.316 e. The summed E-state index contributed by atoms with van der Waals surface area (Å²) in [6.45, 7) is 1.20. The topological polar surface area (TPSA) is 164 Å². The second-order valence-corrected chi connectivity index (χ2v) is 10.3. The summed E-state index contributed by atoms with van der Waals surface area (Å²) >= 11 is 2.24. The van der Waals surface area contributed by atoms with E-state index in [0.717, 1.165) is 21.4 Å². The average Bonchev–Trinajstić information content (AvgIpc) is 2.86. The lowest BCUT2D eigenvalue weighted by molar-refractivity contribution is -0.192. The number of ether oxygens (including phenoxy) is 1. The van der Waals surface area contributed by atoms with Crippen LogP contribution in [-0.2, 0) is 21.4 Å². The lowest BCUT2D eigenvalue weighted by Crippen LogP contribution is -2.74. The molecule has 3 atom stereocenters. The van der Waals surface area contributed by atoms with Crippen molar-refractivity contribution in [2.45, 2.75) is 23.5 Å². The zero-order valence-electron chi connectivity index (χ0n) is 19.5. The van der Waals surface area contributed by atoms with Crippen LogP contribution >= 0.6 is 23.5 Å². The zero-order valence-corrected chi connectivity index (χ0v) is 21.1. The highest BCUT2D eigenvalue weighted by atomic mass is 32.2. The van der Waals surface area contributed by atoms with E-state index in [2.05, 4.69) is 10.2 Å². The van der Waals surface area contributed by atoms with Gasteiger partial charge in [-0.3, -0.25) is 23.7 Å². The number of β-lactam (4-membered cyclic amide) rings is 1. The molecule has 0 saturated carbocycles. The predicted molar refractivity (Wildman–Crippen MR) is 128 cm³/mol. The normalized spacial score (nSPS) is 22.9. The number of hydrogen-bond donors (Lipinski definition) is 2. The lowest BCUT2D eigenvalue weighted by atomic mass is 9.89. The van der Waals surface area contributed by atoms with Crippen molar-refractivity contribution in [3.8, 4) is 17.4 Å². The third-order valence-electron chi connectivity index (χ3n) is 5.89. The van der Waals surface area contributed by atoms with E-state index >= 15 is 0 Å². The molecule has 192 valence electrons. The van der Waals surface area contributed by atoms with Crippen LogP contribution < -0.4 is 15.1 Å². The fraction of sp³-hybridized carbons (Fsp3) is 0.429. The van der Waals surface area contributed by atoms with Gasteiger partial charge in [-0.05, 0) is 24.3 Å². The number of carboxylic acids is 1. The van der Waals surface area contributed by atoms with Crippen molar-refractivity contribution in [3.05, 3.63) is 34.6 Å². The van der Waals surface area contributed by atoms with Crippen molar-refractivity contribution in [3.63, 3.8) is 0 Å². The van der Waals surface area contributed by atoms with Gasteiger partial charge >= 0.3 is 11.5 Å². The molecule has 2 N–H and O–H groups in total. The second kappa shape index (κ2) is 9.89. The van der Waals surface area contributed by atoms with Crippen LogP contribution in [0.5, 0.6) is 17.4 Å². The molecule has 0 aliphatic carbocycles. The number of benzene rings is 1. The van der Waals surface area contributed by atoms with E-state index in [0.29, 0.717) is 11.5 Å². The number of rotatable bonds is 8. The number of carboxylic acid groups (broad SMARTS) is 1. The molecule has 15 heteroatoms. The molecule has 4 rings (SSSR count). The number of hydroxylamine groups is 2. The minimum atomic E-state index is -1.33. The third kappa shape index (κ3) is 4.55. The smallest absolute Gasteiger partial charge is 0.316 e. The second-order valence-electron chi connectivity index (χ2n) is 8.27. The van der Waals surface area contributed by atoms with Gasteiger partial charge in [-0.15, -0.1) is 22.0 Å². The highest BCUT2D eigenvalue weighted by Gasteiger charge is 2.60. The molecule has 3 heterocycles. The highest BCUT2D eigenvalue weighted by molar-refractivity contribution is 8.00. The Morgan fingerprint density at radius 1 is 1.25 bits per heavy atom. The molecule has 2 saturated heterocycles. The number of carbonyl (C=O) groups excluding carboxylic acids is 2. The molecule has 2 aliphatic rings. The Labute approximate surface area is 213 Å². The average molecular weight is 538 g/mol. The minimum Gasteiger partial charge on any atom is -0.497 e. The summed E-state index contributed by atoms with van der Waals surface area (Å²) in [5, 5.41) is 27.3. The van der Waals surface area contributed by atoms with Crippen molar-refractivity contribution in [2.75, 3.05) is 25.2 Å². The van der Waals surface area contributed by atoms with E-state index in [1.54, 1.807) is 24.3 Å². The van der Waals surface area contributed by atoms with Gasteiger partial charge in [-0.25, -0.2) is 0 Å². The molecule has 0 spiro atoms. The first kappa shape index (κ1) is 25.6. The first-order chi connectivity index (χ1) is 17.1. The number of thioether (sulfide) groups is 2. The van der Waals surface area contributed by atoms with E-state index in [9.17, 15) is 29.4 Å². The Bertz CT molecular complexity index is 1260. The summed E-state index contributed by atoms with van der Waals surface area (Å²) in [6.07, 6.45) is 0. The Morgan fingerprint density at radius 2 is 1.92 bits per heavy atom. The number of aromatic nitrogens is 3. The maximum absolute atomic E-state index is 13.1. The third-order valence-corrected chi connectivity index (χ3v) is 8.77. The molecule has 1 aromatic carbocycles. The number of amides is 2. The molecule has 0 bridgehead atoms. The largest absolute Gasteiger partial charge is 0.497 e. The molecule has 2 aromatic rings. The molecular formula is C21H23N5O8S2. The Kier molecular flexibility index (Phi) is 7.04. The SMILES string of the molecule is COc1ccc(ON(C(C)=O)C2C(=O)N3CC(CSc4nnc(O)c(=O)n4C)(C(=O)O)CS[C@H]23)cc1. The van der Waals surface area contributed by atoms with Crippen molar-refractivity contribution in [2.24, 2.45) is 12.5 Å². The van der Waals surface area contributed by atoms with Crippen LogP contribution in [0.1, 0.15) is 6.92 Å². The summed E-state index contributed by atoms with van der Waals surface area (Å²) in [5.74, 6) is -1.66. The van der Waals surface area contributed by atoms with Crippen LogP contribution in [0.3, 0.4) is 0 Å². The Hall–Kier alpha value is -3.46. The van der Waals surface area contributed by atoms with Crippen molar-refractivity contribution in [1.82, 2.24) is 24.7 Å². The van der Waals surface area contributed by atoms with E-state index in [1.165, 1.54) is 37.7 Å². The number of aliphatic carboxylic acids is 1. The maximum atomic E-state index is 13.1. The molecule has 2 fully saturated rings. The number of nitrogens with zero attached hydrogens (tertiary/aromatic N) is 5. The van der Waals surface area contributed by atoms with Gasteiger partial charge in [0, 0.05) is 32.0 Å². The summed E-state index contributed by atoms with van der Waals surface area (Å²) in [6, 6.07) is 5.62. The highest BCUT2D eigenvalue weighted by Crippen LogP contribution is 2.45. The van der Waals surface area contributed by atoms with Gasteiger partial charge in [-0.2, -0.15) is 5.06 Å². The molecule has 2 unspecified atom stereocenters. The molecular weight excluding hydrogens is 514 g/mol. The quantitative estimate of drug-likeness (QED) is 0.267. The number of hydrogen-bond acceptors (Lipinski definition) is 11. The molecule has 0 radical (unpaired) electrons. The lowest BCUT2D eigenvalue weighted by Gasteiger charge is -2.55. The molecule has 36 heavy (non-hydrogen) atoms. The summed E-state index contributed by atoms with van der Waals surface area (Å²) in [4.78, 5) is 56.7. The predicted octanol–water partition coefficient (Wildman–Crippen LogP) is 0.179. The monoisotopic (exact) mass is 537 g/mol. The molecule has 1 aromatic heterocycles. The van der Waals surface area contributed by atoms with Crippen LogP contribution in [0.2, 0.25) is 0 Å². The first-order valence-electron chi connectivity index (χ1n) is 10.6. The zero-order chi connectivity index (χ0) is 26.2. The number of methoxy groups -OCH3 is 1. The number of aromatic hydroxyl groups is 1. The molecule has 2 aliphatic heterocycles. The molecule has 13 nitrogen and oxygen atoms in total. The van der Waals surface area contributed by atoms with E-state index < -0.39 is 46.1 Å². The summed E-state index contributed by atoms with van der Waals surface area (Å²) < 4.78 is 6.19. The minimum absolute atomic E-state index is 0.00199. The standard InChI is InChI=1S/C21H23N5O8S2/c1-11(27)26(34-13-6-4-12(33-3)5-7-13)14-16(29)25-8-21(19(31)32,9-35-18(14)25)10-36-20-23-22-15(28)17(30)24(20)2/h4-7,14,18H,8-10H2,1-3H3,(H,22,28)(H,31,32)/t14?,18-,21?/m1/s1. The summed E-state index contributed by atoms with van der Waals surface area (Å²) in [7, 11) is 2.91. The van der Waals surface area contributed by atoms with Crippen LogP contribution in [-0.4, -0.2) is 89.3 Å². The van der Waals surface area contributed by atoms with Gasteiger partial charge in [0.1, 0.15) is 16.5 Å². The fourth-order valence-corrected chi connectivity index (χ4v) is 6.60. The van der Waals surface area contributed by atoms with Crippen molar-refractivity contribution >= 4 is 41.3 Å². The van der Waals surface area contributed by atoms with Crippen LogP contribution in [0.4, 0.5) is 0 Å². The van der Waals surface area contributed by atoms with Gasteiger partial charge in [0.2, 0.25) is 0 Å². The number of carbonyl (C=O) groups is 3. The van der Waals surface area contributed by atoms with Crippen molar-refractivity contribution in [1.29, 1.82) is 0 Å². The Balaban J connectivity index is 1.48. The van der Waals surface area contributed by atoms with Gasteiger partial charge in [0.25, 0.3) is 17.7 Å². The number of fused-ring (bicyclic) bond motifs is 1. The first-order valence-corrected chi connectivity index (χ1v) is 12.6.